The number of pyridine rings is 1. The summed E-state index contributed by atoms with van der Waals surface area (Å²) < 4.78 is 5.23. The van der Waals surface area contributed by atoms with Gasteiger partial charge in [-0.3, -0.25) is 14.9 Å². The third-order valence-electron chi connectivity index (χ3n) is 3.66. The van der Waals surface area contributed by atoms with Gasteiger partial charge in [0.2, 0.25) is 5.56 Å². The summed E-state index contributed by atoms with van der Waals surface area (Å²) in [5, 5.41) is 11.2. The largest absolute Gasteiger partial charge is 0.457 e. The van der Waals surface area contributed by atoms with Crippen molar-refractivity contribution in [1.82, 2.24) is 4.98 Å². The Kier molecular flexibility index (Phi) is 4.89. The second kappa shape index (κ2) is 7.43. The highest BCUT2D eigenvalue weighted by atomic mass is 16.6. The molecule has 0 aliphatic carbocycles. The molecule has 0 radical (unpaired) electrons. The number of aromatic amines is 1. The fraction of sp³-hybridized carbons (Fsp3) is 0.0526. The smallest absolute Gasteiger partial charge is 0.338 e. The van der Waals surface area contributed by atoms with E-state index in [2.05, 4.69) is 4.98 Å². The van der Waals surface area contributed by atoms with Gasteiger partial charge in [-0.2, -0.15) is 0 Å². The summed E-state index contributed by atoms with van der Waals surface area (Å²) in [6.07, 6.45) is 0. The number of ether oxygens (including phenoxy) is 1. The Balaban J connectivity index is 1.92. The van der Waals surface area contributed by atoms with Gasteiger partial charge >= 0.3 is 5.97 Å². The Morgan fingerprint density at radius 3 is 2.50 bits per heavy atom. The normalized spacial score (nSPS) is 10.3. The van der Waals surface area contributed by atoms with Gasteiger partial charge in [0, 0.05) is 29.5 Å². The summed E-state index contributed by atoms with van der Waals surface area (Å²) in [6.45, 7) is 0.0554. The highest BCUT2D eigenvalue weighted by molar-refractivity contribution is 5.92. The molecule has 26 heavy (non-hydrogen) atoms. The van der Waals surface area contributed by atoms with Crippen LogP contribution in [0.1, 0.15) is 15.9 Å². The first-order valence-corrected chi connectivity index (χ1v) is 7.73. The van der Waals surface area contributed by atoms with Gasteiger partial charge in [0.15, 0.2) is 0 Å². The van der Waals surface area contributed by atoms with Gasteiger partial charge in [-0.25, -0.2) is 4.79 Å². The second-order valence-corrected chi connectivity index (χ2v) is 5.52. The number of hydrogen-bond donors (Lipinski definition) is 1. The van der Waals surface area contributed by atoms with Crippen molar-refractivity contribution in [2.75, 3.05) is 0 Å². The predicted octanol–water partition coefficient (Wildman–Crippen LogP) is 3.31. The molecule has 3 aromatic rings. The van der Waals surface area contributed by atoms with Crippen LogP contribution >= 0.6 is 0 Å². The maximum atomic E-state index is 12.3. The maximum Gasteiger partial charge on any atom is 0.338 e. The van der Waals surface area contributed by atoms with E-state index in [0.717, 1.165) is 11.6 Å². The van der Waals surface area contributed by atoms with Crippen LogP contribution in [0.3, 0.4) is 0 Å². The van der Waals surface area contributed by atoms with E-state index >= 15 is 0 Å². The molecule has 1 heterocycles. The number of aromatic nitrogens is 1. The topological polar surface area (TPSA) is 102 Å². The Morgan fingerprint density at radius 1 is 1.04 bits per heavy atom. The number of nitro benzene ring substituents is 1. The first-order valence-electron chi connectivity index (χ1n) is 7.73. The van der Waals surface area contributed by atoms with Crippen LogP contribution in [0.2, 0.25) is 0 Å². The fourth-order valence-corrected chi connectivity index (χ4v) is 2.41. The molecule has 1 N–H and O–H groups in total. The molecular weight excluding hydrogens is 336 g/mol. The fourth-order valence-electron chi connectivity index (χ4n) is 2.41. The summed E-state index contributed by atoms with van der Waals surface area (Å²) in [5.41, 5.74) is 0.955. The molecule has 0 saturated heterocycles. The number of H-pyrrole nitrogens is 1. The zero-order chi connectivity index (χ0) is 18.5. The molecule has 2 aromatic carbocycles. The van der Waals surface area contributed by atoms with Crippen LogP contribution in [0, 0.1) is 10.1 Å². The number of carbonyl (C=O) groups is 1. The van der Waals surface area contributed by atoms with Crippen LogP contribution in [0.25, 0.3) is 11.3 Å². The van der Waals surface area contributed by atoms with E-state index in [1.165, 1.54) is 24.3 Å². The van der Waals surface area contributed by atoms with Gasteiger partial charge in [0.25, 0.3) is 5.69 Å². The molecule has 3 rings (SSSR count). The van der Waals surface area contributed by atoms with Crippen LogP contribution in [-0.4, -0.2) is 15.9 Å². The SMILES string of the molecule is O=C(OCc1ccccc1)c1cc(-c2cccc(=O)[nH]2)cc([N+](=O)[O-])c1. The predicted molar refractivity (Wildman–Crippen MR) is 94.7 cm³/mol. The van der Waals surface area contributed by atoms with Crippen molar-refractivity contribution in [3.63, 3.8) is 0 Å². The average molecular weight is 350 g/mol. The molecule has 0 aliphatic heterocycles. The van der Waals surface area contributed by atoms with Crippen molar-refractivity contribution in [2.24, 2.45) is 0 Å². The highest BCUT2D eigenvalue weighted by Gasteiger charge is 2.17. The van der Waals surface area contributed by atoms with Crippen molar-refractivity contribution < 1.29 is 14.5 Å². The quantitative estimate of drug-likeness (QED) is 0.432. The van der Waals surface area contributed by atoms with E-state index in [1.807, 2.05) is 18.2 Å². The molecule has 130 valence electrons. The van der Waals surface area contributed by atoms with E-state index < -0.39 is 10.9 Å². The van der Waals surface area contributed by atoms with E-state index in [4.69, 9.17) is 4.74 Å². The minimum atomic E-state index is -0.683. The second-order valence-electron chi connectivity index (χ2n) is 5.52. The van der Waals surface area contributed by atoms with E-state index in [-0.39, 0.29) is 23.4 Å². The number of esters is 1. The van der Waals surface area contributed by atoms with Crippen LogP contribution in [0.4, 0.5) is 5.69 Å². The average Bonchev–Trinajstić information content (AvgIpc) is 2.66. The summed E-state index contributed by atoms with van der Waals surface area (Å²) in [6, 6.07) is 17.4. The Hall–Kier alpha value is -3.74. The minimum absolute atomic E-state index is 0.0369. The van der Waals surface area contributed by atoms with Gasteiger partial charge in [0.1, 0.15) is 6.61 Å². The van der Waals surface area contributed by atoms with Gasteiger partial charge < -0.3 is 9.72 Å². The molecule has 0 fully saturated rings. The summed E-state index contributed by atoms with van der Waals surface area (Å²) in [4.78, 5) is 37.0. The molecule has 0 atom stereocenters. The van der Waals surface area contributed by atoms with Gasteiger partial charge in [-0.15, -0.1) is 0 Å². The van der Waals surface area contributed by atoms with Crippen molar-refractivity contribution in [2.45, 2.75) is 6.61 Å². The lowest BCUT2D eigenvalue weighted by molar-refractivity contribution is -0.384. The van der Waals surface area contributed by atoms with Crippen LogP contribution in [-0.2, 0) is 11.3 Å². The molecular formula is C19H14N2O5. The molecule has 1 aromatic heterocycles. The molecule has 0 aliphatic rings. The number of nitrogens with zero attached hydrogens (tertiary/aromatic N) is 1. The number of carbonyl (C=O) groups excluding carboxylic acids is 1. The highest BCUT2D eigenvalue weighted by Crippen LogP contribution is 2.25. The number of benzene rings is 2. The van der Waals surface area contributed by atoms with E-state index in [0.29, 0.717) is 11.3 Å². The monoisotopic (exact) mass is 350 g/mol. The first-order chi connectivity index (χ1) is 12.5. The molecule has 0 spiro atoms. The molecule has 0 bridgehead atoms. The van der Waals surface area contributed by atoms with Crippen molar-refractivity contribution in [3.05, 3.63) is 98.3 Å². The zero-order valence-electron chi connectivity index (χ0n) is 13.5. The zero-order valence-corrected chi connectivity index (χ0v) is 13.5. The summed E-state index contributed by atoms with van der Waals surface area (Å²) in [5.74, 6) is -0.683. The minimum Gasteiger partial charge on any atom is -0.457 e. The summed E-state index contributed by atoms with van der Waals surface area (Å²) in [7, 11) is 0. The van der Waals surface area contributed by atoms with Gasteiger partial charge in [0.05, 0.1) is 10.5 Å². The molecule has 7 heteroatoms. The van der Waals surface area contributed by atoms with Crippen molar-refractivity contribution >= 4 is 11.7 Å². The van der Waals surface area contributed by atoms with E-state index in [1.54, 1.807) is 18.2 Å². The summed E-state index contributed by atoms with van der Waals surface area (Å²) >= 11 is 0. The molecule has 7 nitrogen and oxygen atoms in total. The van der Waals surface area contributed by atoms with Gasteiger partial charge in [-0.1, -0.05) is 36.4 Å². The first kappa shape index (κ1) is 17.1. The lowest BCUT2D eigenvalue weighted by Gasteiger charge is -2.07. The van der Waals surface area contributed by atoms with Crippen LogP contribution in [0.15, 0.2) is 71.5 Å². The Morgan fingerprint density at radius 2 is 1.81 bits per heavy atom. The molecule has 0 unspecified atom stereocenters. The van der Waals surface area contributed by atoms with Gasteiger partial charge in [-0.05, 0) is 17.7 Å². The molecule has 0 amide bonds. The number of rotatable bonds is 5. The number of hydrogen-bond acceptors (Lipinski definition) is 5. The Bertz CT molecular complexity index is 1010. The lowest BCUT2D eigenvalue weighted by Crippen LogP contribution is -2.07. The molecule has 0 saturated carbocycles. The van der Waals surface area contributed by atoms with Crippen LogP contribution < -0.4 is 5.56 Å². The number of nitro groups is 1. The maximum absolute atomic E-state index is 12.3. The van der Waals surface area contributed by atoms with Crippen LogP contribution in [0.5, 0.6) is 0 Å². The third-order valence-corrected chi connectivity index (χ3v) is 3.66. The third kappa shape index (κ3) is 4.02. The lowest BCUT2D eigenvalue weighted by atomic mass is 10.1. The van der Waals surface area contributed by atoms with E-state index in [9.17, 15) is 19.7 Å². The standard InChI is InChI=1S/C19H14N2O5/c22-18-8-4-7-17(20-18)14-9-15(11-16(10-14)21(24)25)19(23)26-12-13-5-2-1-3-6-13/h1-11H,12H2,(H,20,22). The van der Waals surface area contributed by atoms with Crippen molar-refractivity contribution in [1.29, 1.82) is 0 Å². The number of nitrogens with one attached hydrogen (secondary N) is 1. The number of non-ortho nitro benzene ring substituents is 1. The Labute approximate surface area is 148 Å². The van der Waals surface area contributed by atoms with Crippen molar-refractivity contribution in [3.8, 4) is 11.3 Å².